The lowest BCUT2D eigenvalue weighted by Crippen LogP contribution is -2.49. The van der Waals surface area contributed by atoms with Crippen molar-refractivity contribution in [1.29, 1.82) is 5.26 Å². The second kappa shape index (κ2) is 10.4. The Kier molecular flexibility index (Phi) is 7.18. The molecule has 0 spiro atoms. The first-order valence-electron chi connectivity index (χ1n) is 11.2. The standard InChI is InChI=1S/C25H30N4O2/c26-16-20(29-25(30)23-6-3-4-13-28-23)15-18-8-10-19(11-9-18)22-5-1-2-7-24(22)31-21-12-14-27-17-21/h1-2,5,7-11,20-21,23,27-28H,3-4,6,12-15,17H2,(H,29,30)/t20-,21?,23?/m0/s1. The van der Waals surface area contributed by atoms with Crippen LogP contribution in [-0.2, 0) is 11.2 Å². The van der Waals surface area contributed by atoms with Gasteiger partial charge in [0.25, 0.3) is 0 Å². The summed E-state index contributed by atoms with van der Waals surface area (Å²) in [6.45, 7) is 2.74. The number of nitrogens with one attached hydrogen (secondary N) is 3. The van der Waals surface area contributed by atoms with Gasteiger partial charge in [-0.25, -0.2) is 0 Å². The summed E-state index contributed by atoms with van der Waals surface area (Å²) in [6, 6.07) is 17.8. The molecule has 2 saturated heterocycles. The lowest BCUT2D eigenvalue weighted by Gasteiger charge is -2.23. The third-order valence-electron chi connectivity index (χ3n) is 6.00. The van der Waals surface area contributed by atoms with Gasteiger partial charge in [-0.05, 0) is 49.5 Å². The normalized spacial score (nSPS) is 21.8. The zero-order valence-corrected chi connectivity index (χ0v) is 17.8. The molecule has 2 aromatic rings. The van der Waals surface area contributed by atoms with E-state index in [0.29, 0.717) is 6.42 Å². The minimum absolute atomic E-state index is 0.0738. The van der Waals surface area contributed by atoms with Crippen LogP contribution in [-0.4, -0.2) is 43.7 Å². The number of hydrogen-bond donors (Lipinski definition) is 3. The predicted molar refractivity (Wildman–Crippen MR) is 121 cm³/mol. The van der Waals surface area contributed by atoms with Crippen molar-refractivity contribution in [3.8, 4) is 22.9 Å². The van der Waals surface area contributed by atoms with Crippen LogP contribution in [0.2, 0.25) is 0 Å². The van der Waals surface area contributed by atoms with Crippen molar-refractivity contribution >= 4 is 5.91 Å². The number of para-hydroxylation sites is 1. The number of ether oxygens (including phenoxy) is 1. The van der Waals surface area contributed by atoms with Gasteiger partial charge in [0.1, 0.15) is 17.9 Å². The van der Waals surface area contributed by atoms with Crippen LogP contribution in [0.25, 0.3) is 11.1 Å². The lowest BCUT2D eigenvalue weighted by molar-refractivity contribution is -0.124. The highest BCUT2D eigenvalue weighted by molar-refractivity contribution is 5.82. The van der Waals surface area contributed by atoms with E-state index >= 15 is 0 Å². The van der Waals surface area contributed by atoms with E-state index in [9.17, 15) is 10.1 Å². The summed E-state index contributed by atoms with van der Waals surface area (Å²) in [5.74, 6) is 0.821. The Balaban J connectivity index is 1.40. The highest BCUT2D eigenvalue weighted by Crippen LogP contribution is 2.31. The molecule has 2 aliphatic rings. The number of rotatable bonds is 7. The minimum atomic E-state index is -0.535. The van der Waals surface area contributed by atoms with Crippen LogP contribution in [0.4, 0.5) is 0 Å². The number of amides is 1. The molecule has 0 aromatic heterocycles. The van der Waals surface area contributed by atoms with Crippen LogP contribution in [0.5, 0.6) is 5.75 Å². The first-order chi connectivity index (χ1) is 15.2. The average Bonchev–Trinajstić information content (AvgIpc) is 3.33. The summed E-state index contributed by atoms with van der Waals surface area (Å²) in [5, 5.41) is 19.0. The van der Waals surface area contributed by atoms with E-state index in [-0.39, 0.29) is 18.1 Å². The molecule has 2 aromatic carbocycles. The molecule has 2 fully saturated rings. The fourth-order valence-electron chi connectivity index (χ4n) is 4.25. The minimum Gasteiger partial charge on any atom is -0.488 e. The quantitative estimate of drug-likeness (QED) is 0.644. The Morgan fingerprint density at radius 3 is 2.68 bits per heavy atom. The molecule has 6 nitrogen and oxygen atoms in total. The first kappa shape index (κ1) is 21.4. The summed E-state index contributed by atoms with van der Waals surface area (Å²) >= 11 is 0. The molecule has 2 unspecified atom stereocenters. The summed E-state index contributed by atoms with van der Waals surface area (Å²) in [4.78, 5) is 12.4. The lowest BCUT2D eigenvalue weighted by atomic mass is 9.99. The number of hydrogen-bond acceptors (Lipinski definition) is 5. The maximum atomic E-state index is 12.4. The van der Waals surface area contributed by atoms with Gasteiger partial charge < -0.3 is 20.7 Å². The number of carbonyl (C=O) groups excluding carboxylic acids is 1. The summed E-state index contributed by atoms with van der Waals surface area (Å²) in [7, 11) is 0. The maximum absolute atomic E-state index is 12.4. The predicted octanol–water partition coefficient (Wildman–Crippen LogP) is 2.79. The average molecular weight is 419 g/mol. The molecule has 3 N–H and O–H groups in total. The molecule has 4 rings (SSSR count). The Bertz CT molecular complexity index is 910. The Labute approximate surface area is 184 Å². The summed E-state index contributed by atoms with van der Waals surface area (Å²) in [6.07, 6.45) is 4.69. The number of nitriles is 1. The smallest absolute Gasteiger partial charge is 0.238 e. The highest BCUT2D eigenvalue weighted by atomic mass is 16.5. The third kappa shape index (κ3) is 5.63. The number of nitrogens with zero attached hydrogens (tertiary/aromatic N) is 1. The van der Waals surface area contributed by atoms with Gasteiger partial charge in [0.05, 0.1) is 12.1 Å². The first-order valence-corrected chi connectivity index (χ1v) is 11.2. The molecule has 162 valence electrons. The molecular weight excluding hydrogens is 388 g/mol. The van der Waals surface area contributed by atoms with Crippen LogP contribution in [0.1, 0.15) is 31.2 Å². The van der Waals surface area contributed by atoms with Crippen molar-refractivity contribution in [1.82, 2.24) is 16.0 Å². The van der Waals surface area contributed by atoms with Crippen LogP contribution < -0.4 is 20.7 Å². The summed E-state index contributed by atoms with van der Waals surface area (Å²) in [5.41, 5.74) is 3.16. The fourth-order valence-corrected chi connectivity index (χ4v) is 4.25. The number of benzene rings is 2. The van der Waals surface area contributed by atoms with Crippen molar-refractivity contribution in [2.24, 2.45) is 0 Å². The van der Waals surface area contributed by atoms with Crippen molar-refractivity contribution in [3.63, 3.8) is 0 Å². The van der Waals surface area contributed by atoms with E-state index < -0.39 is 6.04 Å². The van der Waals surface area contributed by atoms with Crippen molar-refractivity contribution in [2.75, 3.05) is 19.6 Å². The molecule has 2 heterocycles. The molecule has 0 aliphatic carbocycles. The van der Waals surface area contributed by atoms with Crippen LogP contribution in [0.15, 0.2) is 48.5 Å². The second-order valence-electron chi connectivity index (χ2n) is 8.32. The molecule has 2 aliphatic heterocycles. The Morgan fingerprint density at radius 2 is 1.97 bits per heavy atom. The van der Waals surface area contributed by atoms with E-state index in [1.54, 1.807) is 0 Å². The molecule has 3 atom stereocenters. The molecule has 0 bridgehead atoms. The third-order valence-corrected chi connectivity index (χ3v) is 6.00. The topological polar surface area (TPSA) is 86.2 Å². The highest BCUT2D eigenvalue weighted by Gasteiger charge is 2.23. The van der Waals surface area contributed by atoms with Gasteiger partial charge in [-0.15, -0.1) is 0 Å². The van der Waals surface area contributed by atoms with Gasteiger partial charge in [0.2, 0.25) is 5.91 Å². The molecular formula is C25H30N4O2. The van der Waals surface area contributed by atoms with Gasteiger partial charge in [-0.1, -0.05) is 48.9 Å². The SMILES string of the molecule is N#C[C@H](Cc1ccc(-c2ccccc2OC2CCNC2)cc1)NC(=O)C1CCCCN1. The Hall–Kier alpha value is -2.88. The Morgan fingerprint density at radius 1 is 1.13 bits per heavy atom. The van der Waals surface area contributed by atoms with E-state index in [0.717, 1.165) is 67.8 Å². The maximum Gasteiger partial charge on any atom is 0.238 e. The molecule has 6 heteroatoms. The molecule has 31 heavy (non-hydrogen) atoms. The van der Waals surface area contributed by atoms with Crippen LogP contribution in [0, 0.1) is 11.3 Å². The fraction of sp³-hybridized carbons (Fsp3) is 0.440. The second-order valence-corrected chi connectivity index (χ2v) is 8.32. The zero-order chi connectivity index (χ0) is 21.5. The van der Waals surface area contributed by atoms with Crippen molar-refractivity contribution < 1.29 is 9.53 Å². The van der Waals surface area contributed by atoms with Gasteiger partial charge in [0.15, 0.2) is 0 Å². The van der Waals surface area contributed by atoms with Gasteiger partial charge >= 0.3 is 0 Å². The van der Waals surface area contributed by atoms with Gasteiger partial charge in [-0.3, -0.25) is 4.79 Å². The molecule has 0 saturated carbocycles. The van der Waals surface area contributed by atoms with Crippen LogP contribution >= 0.6 is 0 Å². The van der Waals surface area contributed by atoms with Crippen molar-refractivity contribution in [3.05, 3.63) is 54.1 Å². The van der Waals surface area contributed by atoms with E-state index in [1.807, 2.05) is 30.3 Å². The largest absolute Gasteiger partial charge is 0.488 e. The van der Waals surface area contributed by atoms with Crippen LogP contribution in [0.3, 0.4) is 0 Å². The summed E-state index contributed by atoms with van der Waals surface area (Å²) < 4.78 is 6.22. The van der Waals surface area contributed by atoms with E-state index in [1.165, 1.54) is 0 Å². The van der Waals surface area contributed by atoms with Gasteiger partial charge in [0, 0.05) is 18.5 Å². The van der Waals surface area contributed by atoms with E-state index in [4.69, 9.17) is 4.74 Å². The molecule has 0 radical (unpaired) electrons. The number of carbonyl (C=O) groups is 1. The van der Waals surface area contributed by atoms with Crippen molar-refractivity contribution in [2.45, 2.75) is 50.3 Å². The number of piperidine rings is 1. The monoisotopic (exact) mass is 418 g/mol. The molecule has 1 amide bonds. The van der Waals surface area contributed by atoms with E-state index in [2.05, 4.69) is 40.2 Å². The van der Waals surface area contributed by atoms with Gasteiger partial charge in [-0.2, -0.15) is 5.26 Å². The zero-order valence-electron chi connectivity index (χ0n) is 17.8.